The monoisotopic (exact) mass is 813 g/mol. The molecule has 2 aliphatic carbocycles. The quantitative estimate of drug-likeness (QED) is 0.212. The Bertz CT molecular complexity index is 2060. The van der Waals surface area contributed by atoms with Crippen LogP contribution in [0.25, 0.3) is 5.65 Å². The van der Waals surface area contributed by atoms with E-state index in [9.17, 15) is 14.4 Å². The van der Waals surface area contributed by atoms with Crippen LogP contribution in [0.4, 0.5) is 5.69 Å². The van der Waals surface area contributed by atoms with Gasteiger partial charge in [-0.3, -0.25) is 19.4 Å². The van der Waals surface area contributed by atoms with E-state index in [0.717, 1.165) is 28.1 Å². The summed E-state index contributed by atoms with van der Waals surface area (Å²) in [6.45, 7) is 16.3. The van der Waals surface area contributed by atoms with Crippen LogP contribution in [0.15, 0.2) is 99.9 Å². The highest BCUT2D eigenvalue weighted by Gasteiger charge is 2.50. The molecule has 52 heavy (non-hydrogen) atoms. The van der Waals surface area contributed by atoms with E-state index >= 15 is 0 Å². The van der Waals surface area contributed by atoms with Crippen LogP contribution in [-0.2, 0) is 14.4 Å². The van der Waals surface area contributed by atoms with Crippen molar-refractivity contribution in [3.05, 3.63) is 112 Å². The first kappa shape index (κ1) is 37.1. The maximum absolute atomic E-state index is 14.1. The summed E-state index contributed by atoms with van der Waals surface area (Å²) in [5.74, 6) is -0.999. The molecule has 3 amide bonds. The Balaban J connectivity index is 1.22. The number of nitrogens with zero attached hydrogens (tertiary/aromatic N) is 5. The van der Waals surface area contributed by atoms with Crippen molar-refractivity contribution < 1.29 is 14.4 Å². The van der Waals surface area contributed by atoms with Crippen molar-refractivity contribution in [3.63, 3.8) is 0 Å². The lowest BCUT2D eigenvalue weighted by Crippen LogP contribution is -2.52. The van der Waals surface area contributed by atoms with Crippen LogP contribution in [-0.4, -0.2) is 71.4 Å². The smallest absolute Gasteiger partial charge is 0.265 e. The first-order valence-corrected chi connectivity index (χ1v) is 20.3. The first-order chi connectivity index (χ1) is 24.9. The van der Waals surface area contributed by atoms with Crippen LogP contribution in [0.2, 0.25) is 0 Å². The molecule has 4 aliphatic rings. The Labute approximate surface area is 316 Å². The third kappa shape index (κ3) is 7.07. The number of amides is 3. The zero-order valence-electron chi connectivity index (χ0n) is 30.7. The average molecular weight is 814 g/mol. The molecule has 0 saturated carbocycles. The van der Waals surface area contributed by atoms with Crippen molar-refractivity contribution in [2.75, 3.05) is 18.4 Å². The van der Waals surface area contributed by atoms with Gasteiger partial charge in [-0.25, -0.2) is 4.98 Å². The number of hydrazone groups is 1. The Morgan fingerprint density at radius 2 is 1.96 bits per heavy atom. The third-order valence-electron chi connectivity index (χ3n) is 10.6. The number of fused-ring (bicyclic) bond motifs is 2. The summed E-state index contributed by atoms with van der Waals surface area (Å²) in [4.78, 5) is 47.6. The van der Waals surface area contributed by atoms with Gasteiger partial charge in [-0.2, -0.15) is 5.10 Å². The maximum Gasteiger partial charge on any atom is 0.265 e. The predicted molar refractivity (Wildman–Crippen MR) is 218 cm³/mol. The molecule has 4 heterocycles. The maximum atomic E-state index is 14.1. The topological polar surface area (TPSA) is 125 Å². The summed E-state index contributed by atoms with van der Waals surface area (Å²) in [6.07, 6.45) is 23.0. The van der Waals surface area contributed by atoms with E-state index in [0.29, 0.717) is 30.2 Å². The summed E-state index contributed by atoms with van der Waals surface area (Å²) in [5, 5.41) is 9.45. The van der Waals surface area contributed by atoms with Crippen molar-refractivity contribution in [2.24, 2.45) is 28.6 Å². The molecule has 2 aromatic heterocycles. The number of anilines is 1. The molecule has 1 saturated heterocycles. The number of likely N-dealkylation sites (tertiary alicyclic amines) is 1. The molecule has 1 fully saturated rings. The van der Waals surface area contributed by atoms with Gasteiger partial charge in [0.05, 0.1) is 22.8 Å². The number of hydrogen-bond donors (Lipinski definition) is 2. The first-order valence-electron chi connectivity index (χ1n) is 17.8. The van der Waals surface area contributed by atoms with Crippen LogP contribution in [0.5, 0.6) is 0 Å². The molecule has 2 aliphatic heterocycles. The number of carbonyl (C=O) groups excluding carboxylic acids is 3. The molecule has 272 valence electrons. The van der Waals surface area contributed by atoms with Crippen LogP contribution in [0, 0.1) is 31.6 Å². The molecule has 0 radical (unpaired) electrons. The van der Waals surface area contributed by atoms with Gasteiger partial charge in [-0.05, 0) is 82.9 Å². The van der Waals surface area contributed by atoms with E-state index in [-0.39, 0.29) is 56.6 Å². The average Bonchev–Trinajstić information content (AvgIpc) is 3.76. The summed E-state index contributed by atoms with van der Waals surface area (Å²) in [5.41, 5.74) is 11.6. The van der Waals surface area contributed by atoms with Crippen molar-refractivity contribution in [3.8, 4) is 0 Å². The third-order valence-corrected chi connectivity index (χ3v) is 12.3. The SMILES string of the molecule is C=CC=I/C=C\C(=C/C)C1=CC2C(C(N)=O)=NN(CC(=O)N3CC(C)CC3C(=O)Nc3cc(C)cn4c(C)c(C5C=CC=CC5C)nc34)C2(C)C=C1. The molecule has 10 nitrogen and oxygen atoms in total. The van der Waals surface area contributed by atoms with Gasteiger partial charge in [-0.1, -0.05) is 95.8 Å². The molecule has 0 spiro atoms. The van der Waals surface area contributed by atoms with Crippen LogP contribution < -0.4 is 11.1 Å². The van der Waals surface area contributed by atoms with Gasteiger partial charge in [-0.15, -0.1) is 0 Å². The van der Waals surface area contributed by atoms with Crippen LogP contribution in [0.3, 0.4) is 0 Å². The Kier molecular flexibility index (Phi) is 10.8. The van der Waals surface area contributed by atoms with E-state index in [4.69, 9.17) is 10.7 Å². The minimum atomic E-state index is -0.789. The van der Waals surface area contributed by atoms with Crippen molar-refractivity contribution >= 4 is 59.5 Å². The summed E-state index contributed by atoms with van der Waals surface area (Å²) in [6, 6.07) is 1.27. The van der Waals surface area contributed by atoms with Crippen LogP contribution >= 0.6 is 20.7 Å². The van der Waals surface area contributed by atoms with Gasteiger partial charge in [0.1, 0.15) is 18.3 Å². The number of allylic oxidation sites excluding steroid dienone is 10. The predicted octanol–water partition coefficient (Wildman–Crippen LogP) is 6.42. The molecule has 6 atom stereocenters. The lowest BCUT2D eigenvalue weighted by Gasteiger charge is -2.38. The number of primary amides is 1. The molecule has 3 N–H and O–H groups in total. The second-order valence-corrected chi connectivity index (χ2v) is 16.5. The molecule has 2 aromatic rings. The van der Waals surface area contributed by atoms with Gasteiger partial charge < -0.3 is 20.4 Å². The highest BCUT2D eigenvalue weighted by Crippen LogP contribution is 2.41. The van der Waals surface area contributed by atoms with Gasteiger partial charge in [0, 0.05) is 24.4 Å². The lowest BCUT2D eigenvalue weighted by molar-refractivity contribution is -0.138. The van der Waals surface area contributed by atoms with E-state index in [1.807, 2.05) is 74.7 Å². The number of aromatic nitrogens is 2. The zero-order chi connectivity index (χ0) is 37.3. The number of halogens is 1. The number of aryl methyl sites for hydroxylation is 2. The second-order valence-electron chi connectivity index (χ2n) is 14.3. The molecular formula is C41H48IN7O3. The molecule has 6 unspecified atom stereocenters. The standard InChI is InChI=1S/C41H48IN7O3/c1-8-17-42-18-15-29(9-2)30-14-16-41(7)32(21-30)37(38(43)51)46-49(41)24-35(50)48-23-26(4)20-34(48)40(52)44-33-19-25(3)22-47-28(6)36(45-39(33)47)31-13-11-10-12-27(31)5/h8-19,21-22,26-27,31-32,34H,1,20,23-24H2,2-7H3,(H2,43,51)(H,44,52)/b18-15-,29-9+. The highest BCUT2D eigenvalue weighted by atomic mass is 127. The summed E-state index contributed by atoms with van der Waals surface area (Å²) in [7, 11) is 0. The fourth-order valence-electron chi connectivity index (χ4n) is 7.71. The number of carbonyl (C=O) groups is 3. The number of pyridine rings is 1. The fraction of sp³-hybridized carbons (Fsp3) is 0.366. The Morgan fingerprint density at radius 1 is 1.19 bits per heavy atom. The van der Waals surface area contributed by atoms with E-state index < -0.39 is 23.4 Å². The zero-order valence-corrected chi connectivity index (χ0v) is 32.9. The number of imidazole rings is 1. The van der Waals surface area contributed by atoms with E-state index in [1.54, 1.807) is 9.91 Å². The fourth-order valence-corrected chi connectivity index (χ4v) is 8.84. The second kappa shape index (κ2) is 15.1. The lowest BCUT2D eigenvalue weighted by atomic mass is 9.76. The highest BCUT2D eigenvalue weighted by molar-refractivity contribution is 14.2. The van der Waals surface area contributed by atoms with Gasteiger partial charge in [0.25, 0.3) is 5.91 Å². The van der Waals surface area contributed by atoms with E-state index in [2.05, 4.69) is 69.3 Å². The summed E-state index contributed by atoms with van der Waals surface area (Å²) < 4.78 is 6.29. The Morgan fingerprint density at radius 3 is 2.67 bits per heavy atom. The van der Waals surface area contributed by atoms with Gasteiger partial charge >= 0.3 is 0 Å². The normalized spacial score (nSPS) is 27.3. The Hall–Kier alpha value is -4.65. The van der Waals surface area contributed by atoms with E-state index in [1.165, 1.54) is 0 Å². The molecule has 0 bridgehead atoms. The summed E-state index contributed by atoms with van der Waals surface area (Å²) >= 11 is -0.244. The van der Waals surface area contributed by atoms with Gasteiger partial charge in [0.15, 0.2) is 5.65 Å². The molecule has 0 aromatic carbocycles. The molecule has 11 heteroatoms. The van der Waals surface area contributed by atoms with Gasteiger partial charge in [0.2, 0.25) is 11.8 Å². The van der Waals surface area contributed by atoms with Crippen molar-refractivity contribution in [2.45, 2.75) is 65.5 Å². The molecule has 6 rings (SSSR count). The number of rotatable bonds is 10. The molecular weight excluding hydrogens is 765 g/mol. The van der Waals surface area contributed by atoms with Crippen molar-refractivity contribution in [1.29, 1.82) is 0 Å². The van der Waals surface area contributed by atoms with Crippen molar-refractivity contribution in [1.82, 2.24) is 19.3 Å². The van der Waals surface area contributed by atoms with Crippen LogP contribution in [0.1, 0.15) is 57.0 Å². The number of hydrogen-bond acceptors (Lipinski definition) is 6. The largest absolute Gasteiger partial charge is 0.364 e. The minimum absolute atomic E-state index is 0.106. The number of nitrogens with one attached hydrogen (secondary N) is 1. The number of nitrogens with two attached hydrogens (primary N) is 1. The minimum Gasteiger partial charge on any atom is -0.364 e.